The highest BCUT2D eigenvalue weighted by Crippen LogP contribution is 2.43. The summed E-state index contributed by atoms with van der Waals surface area (Å²) in [5.41, 5.74) is 6.33. The molecule has 1 saturated heterocycles. The number of aliphatic hydroxyl groups is 1. The standard InChI is InChI=1S/C42H43N3O7S/c1-28-37(27-53-38-14-8-9-23-45(38)49)51-41(52-39(28)32-17-15-30(26-46)16-18-32)33-21-19-31(20-22-33)35-13-7-6-12-34(35)25-43-42(48)44-36(40(47)50-2)24-29-10-4-3-5-11-29/h3-23,28,36-37,39,41,46H,24-27H2,1-2H3,(H2,43,44,48)/t28-,36-,37+,39+,41+/m0/s1. The third-order valence-electron chi connectivity index (χ3n) is 9.33. The molecule has 0 unspecified atom stereocenters. The van der Waals surface area contributed by atoms with Gasteiger partial charge in [0.1, 0.15) is 6.04 Å². The lowest BCUT2D eigenvalue weighted by Crippen LogP contribution is -2.47. The van der Waals surface area contributed by atoms with E-state index in [9.17, 15) is 19.9 Å². The van der Waals surface area contributed by atoms with E-state index in [4.69, 9.17) is 14.2 Å². The topological polar surface area (TPSA) is 133 Å². The molecule has 0 spiro atoms. The van der Waals surface area contributed by atoms with Crippen LogP contribution >= 0.6 is 11.8 Å². The number of aromatic nitrogens is 1. The molecule has 1 aliphatic rings. The van der Waals surface area contributed by atoms with Gasteiger partial charge in [-0.15, -0.1) is 0 Å². The van der Waals surface area contributed by atoms with Gasteiger partial charge in [0.25, 0.3) is 5.03 Å². The van der Waals surface area contributed by atoms with Crippen LogP contribution in [0, 0.1) is 11.1 Å². The van der Waals surface area contributed by atoms with Crippen LogP contribution in [0.2, 0.25) is 0 Å². The molecule has 3 N–H and O–H groups in total. The summed E-state index contributed by atoms with van der Waals surface area (Å²) < 4.78 is 19.0. The predicted octanol–water partition coefficient (Wildman–Crippen LogP) is 6.65. The summed E-state index contributed by atoms with van der Waals surface area (Å²) in [7, 11) is 1.30. The molecule has 0 bridgehead atoms. The van der Waals surface area contributed by atoms with Gasteiger partial charge >= 0.3 is 12.0 Å². The molecule has 5 atom stereocenters. The van der Waals surface area contributed by atoms with Crippen LogP contribution < -0.4 is 15.4 Å². The van der Waals surface area contributed by atoms with Gasteiger partial charge in [0.2, 0.25) is 0 Å². The second kappa shape index (κ2) is 18.0. The van der Waals surface area contributed by atoms with Crippen molar-refractivity contribution in [1.29, 1.82) is 0 Å². The van der Waals surface area contributed by atoms with Crippen LogP contribution in [-0.2, 0) is 38.6 Å². The number of ether oxygens (including phenoxy) is 3. The van der Waals surface area contributed by atoms with E-state index in [-0.39, 0.29) is 31.3 Å². The lowest BCUT2D eigenvalue weighted by atomic mass is 9.91. The molecule has 4 aromatic carbocycles. The smallest absolute Gasteiger partial charge is 0.328 e. The average molecular weight is 734 g/mol. The minimum absolute atomic E-state index is 0.0281. The zero-order valence-corrected chi connectivity index (χ0v) is 30.4. The van der Waals surface area contributed by atoms with Gasteiger partial charge in [-0.1, -0.05) is 122 Å². The summed E-state index contributed by atoms with van der Waals surface area (Å²) in [6.07, 6.45) is 0.615. The van der Waals surface area contributed by atoms with Gasteiger partial charge in [-0.05, 0) is 39.4 Å². The van der Waals surface area contributed by atoms with Crippen molar-refractivity contribution in [3.63, 3.8) is 0 Å². The van der Waals surface area contributed by atoms with E-state index in [1.165, 1.54) is 25.1 Å². The number of nitrogens with zero attached hydrogens (tertiary/aromatic N) is 1. The molecule has 1 aromatic heterocycles. The van der Waals surface area contributed by atoms with Crippen LogP contribution in [0.5, 0.6) is 0 Å². The van der Waals surface area contributed by atoms with Crippen LogP contribution in [0.25, 0.3) is 11.1 Å². The van der Waals surface area contributed by atoms with Gasteiger partial charge in [0, 0.05) is 42.3 Å². The number of nitrogens with one attached hydrogen (secondary N) is 2. The fourth-order valence-corrected chi connectivity index (χ4v) is 7.43. The summed E-state index contributed by atoms with van der Waals surface area (Å²) in [6.45, 7) is 2.29. The van der Waals surface area contributed by atoms with Crippen molar-refractivity contribution < 1.29 is 33.6 Å². The Labute approximate surface area is 313 Å². The van der Waals surface area contributed by atoms with Crippen LogP contribution in [0.3, 0.4) is 0 Å². The lowest BCUT2D eigenvalue weighted by molar-refractivity contribution is -0.645. The Kier molecular flexibility index (Phi) is 12.8. The van der Waals surface area contributed by atoms with E-state index < -0.39 is 24.3 Å². The Balaban J connectivity index is 1.16. The number of methoxy groups -OCH3 is 1. The molecular formula is C42H43N3O7S. The Morgan fingerprint density at radius 3 is 2.28 bits per heavy atom. The zero-order valence-electron chi connectivity index (χ0n) is 29.6. The van der Waals surface area contributed by atoms with Crippen molar-refractivity contribution in [2.24, 2.45) is 5.92 Å². The van der Waals surface area contributed by atoms with Crippen LogP contribution in [0.15, 0.2) is 133 Å². The fraction of sp³-hybridized carbons (Fsp3) is 0.262. The Morgan fingerprint density at radius 2 is 1.57 bits per heavy atom. The number of benzene rings is 4. The van der Waals surface area contributed by atoms with Crippen molar-refractivity contribution in [2.75, 3.05) is 12.9 Å². The number of pyridine rings is 1. The van der Waals surface area contributed by atoms with Gasteiger partial charge in [0.05, 0.1) is 25.9 Å². The highest BCUT2D eigenvalue weighted by atomic mass is 32.2. The molecule has 53 heavy (non-hydrogen) atoms. The Bertz CT molecular complexity index is 1960. The molecule has 5 aromatic rings. The maximum absolute atomic E-state index is 13.0. The number of urea groups is 1. The van der Waals surface area contributed by atoms with Crippen molar-refractivity contribution in [3.8, 4) is 11.1 Å². The summed E-state index contributed by atoms with van der Waals surface area (Å²) >= 11 is 1.45. The number of esters is 1. The number of thioether (sulfide) groups is 1. The predicted molar refractivity (Wildman–Crippen MR) is 202 cm³/mol. The number of hydrogen-bond donors (Lipinski definition) is 3. The van der Waals surface area contributed by atoms with E-state index in [2.05, 4.69) is 17.6 Å². The highest BCUT2D eigenvalue weighted by Gasteiger charge is 2.38. The number of rotatable bonds is 13. The molecule has 10 nitrogen and oxygen atoms in total. The molecule has 274 valence electrons. The number of hydrogen-bond acceptors (Lipinski definition) is 8. The second-order valence-electron chi connectivity index (χ2n) is 12.9. The summed E-state index contributed by atoms with van der Waals surface area (Å²) in [4.78, 5) is 25.4. The SMILES string of the molecule is COC(=O)[C@H](Cc1ccccc1)NC(=O)NCc1ccccc1-c1ccc([C@@H]2O[C@H](CSc3cccc[n+]3[O-])[C@H](C)[C@H](c3ccc(CO)cc3)O2)cc1. The van der Waals surface area contributed by atoms with E-state index in [0.29, 0.717) is 17.2 Å². The third-order valence-corrected chi connectivity index (χ3v) is 10.4. The Hall–Kier alpha value is -5.20. The molecule has 1 fully saturated rings. The molecular weight excluding hydrogens is 691 g/mol. The van der Waals surface area contributed by atoms with E-state index in [1.54, 1.807) is 12.1 Å². The van der Waals surface area contributed by atoms with E-state index >= 15 is 0 Å². The first-order chi connectivity index (χ1) is 25.8. The van der Waals surface area contributed by atoms with Gasteiger partial charge in [0.15, 0.2) is 12.5 Å². The average Bonchev–Trinajstić information content (AvgIpc) is 3.20. The van der Waals surface area contributed by atoms with Crippen molar-refractivity contribution in [2.45, 2.75) is 56.1 Å². The van der Waals surface area contributed by atoms with Crippen LogP contribution in [0.4, 0.5) is 4.79 Å². The maximum Gasteiger partial charge on any atom is 0.328 e. The van der Waals surface area contributed by atoms with Gasteiger partial charge in [-0.3, -0.25) is 0 Å². The van der Waals surface area contributed by atoms with Crippen molar-refractivity contribution in [3.05, 3.63) is 161 Å². The second-order valence-corrected chi connectivity index (χ2v) is 13.9. The largest absolute Gasteiger partial charge is 0.618 e. The van der Waals surface area contributed by atoms with Gasteiger partial charge in [-0.25, -0.2) is 9.59 Å². The first-order valence-corrected chi connectivity index (χ1v) is 18.5. The quantitative estimate of drug-likeness (QED) is 0.0531. The summed E-state index contributed by atoms with van der Waals surface area (Å²) in [5, 5.41) is 28.2. The number of carbonyl (C=O) groups is 2. The number of amides is 2. The molecule has 1 aliphatic heterocycles. The summed E-state index contributed by atoms with van der Waals surface area (Å²) in [5.74, 6) is 0.00395. The fourth-order valence-electron chi connectivity index (χ4n) is 6.35. The molecule has 0 radical (unpaired) electrons. The lowest BCUT2D eigenvalue weighted by Gasteiger charge is -2.41. The highest BCUT2D eigenvalue weighted by molar-refractivity contribution is 7.99. The number of aliphatic hydroxyl groups excluding tert-OH is 1. The first kappa shape index (κ1) is 37.6. The maximum atomic E-state index is 13.0. The molecule has 11 heteroatoms. The van der Waals surface area contributed by atoms with Crippen LogP contribution in [-0.4, -0.2) is 42.1 Å². The van der Waals surface area contributed by atoms with Crippen molar-refractivity contribution >= 4 is 23.8 Å². The number of carbonyl (C=O) groups excluding carboxylic acids is 2. The minimum atomic E-state index is -0.837. The van der Waals surface area contributed by atoms with E-state index in [0.717, 1.165) is 43.7 Å². The first-order valence-electron chi connectivity index (χ1n) is 17.5. The monoisotopic (exact) mass is 733 g/mol. The zero-order chi connectivity index (χ0) is 37.2. The van der Waals surface area contributed by atoms with Gasteiger partial charge < -0.3 is 35.2 Å². The van der Waals surface area contributed by atoms with E-state index in [1.807, 2.05) is 109 Å². The molecule has 0 saturated carbocycles. The van der Waals surface area contributed by atoms with Gasteiger partial charge in [-0.2, -0.15) is 4.73 Å². The van der Waals surface area contributed by atoms with Crippen LogP contribution in [0.1, 0.15) is 47.1 Å². The molecule has 2 amide bonds. The molecule has 0 aliphatic carbocycles. The summed E-state index contributed by atoms with van der Waals surface area (Å²) in [6, 6.07) is 37.0. The molecule has 2 heterocycles. The Morgan fingerprint density at radius 1 is 0.868 bits per heavy atom. The molecule has 6 rings (SSSR count). The minimum Gasteiger partial charge on any atom is -0.618 e. The third kappa shape index (κ3) is 9.62. The normalized spacial score (nSPS) is 18.8. The van der Waals surface area contributed by atoms with Crippen molar-refractivity contribution in [1.82, 2.24) is 10.6 Å².